The second-order valence-corrected chi connectivity index (χ2v) is 5.88. The molecule has 3 rings (SSSR count). The van der Waals surface area contributed by atoms with E-state index in [9.17, 15) is 9.90 Å². The molecule has 0 aromatic heterocycles. The van der Waals surface area contributed by atoms with Crippen molar-refractivity contribution in [3.05, 3.63) is 22.7 Å². The van der Waals surface area contributed by atoms with Gasteiger partial charge in [-0.1, -0.05) is 6.08 Å². The van der Waals surface area contributed by atoms with Crippen LogP contribution in [-0.2, 0) is 4.79 Å². The van der Waals surface area contributed by atoms with Crippen LogP contribution in [0.3, 0.4) is 0 Å². The Bertz CT molecular complexity index is 780. The third-order valence-corrected chi connectivity index (χ3v) is 4.26. The quantitative estimate of drug-likeness (QED) is 0.671. The van der Waals surface area contributed by atoms with E-state index in [0.29, 0.717) is 41.6 Å². The van der Waals surface area contributed by atoms with Gasteiger partial charge in [-0.05, 0) is 25.2 Å². The molecule has 0 fully saturated rings. The first kappa shape index (κ1) is 16.7. The summed E-state index contributed by atoms with van der Waals surface area (Å²) in [6.45, 7) is 3.48. The van der Waals surface area contributed by atoms with Gasteiger partial charge in [0.2, 0.25) is 6.79 Å². The van der Waals surface area contributed by atoms with Gasteiger partial charge in [-0.3, -0.25) is 4.79 Å². The molecule has 128 valence electrons. The number of fused-ring (bicyclic) bond motifs is 2. The number of hydrogen-bond acceptors (Lipinski definition) is 5. The molecule has 7 nitrogen and oxygen atoms in total. The molecule has 0 saturated carbocycles. The Labute approximate surface area is 144 Å². The van der Waals surface area contributed by atoms with E-state index in [-0.39, 0.29) is 19.3 Å². The first-order valence-corrected chi connectivity index (χ1v) is 8.21. The van der Waals surface area contributed by atoms with Crippen molar-refractivity contribution in [2.24, 2.45) is 10.9 Å². The second kappa shape index (κ2) is 7.14. The number of nitrogens with one attached hydrogen (secondary N) is 1. The number of aliphatic hydroxyl groups excluding tert-OH is 1. The predicted octanol–water partition coefficient (Wildman–Crippen LogP) is -0.839. The van der Waals surface area contributed by atoms with Crippen molar-refractivity contribution >= 4 is 29.3 Å². The smallest absolute Gasteiger partial charge is 0.254 e. The molecule has 1 amide bonds. The van der Waals surface area contributed by atoms with Crippen LogP contribution in [0.1, 0.15) is 6.92 Å². The number of hydrogen-bond donors (Lipinski definition) is 2. The highest BCUT2D eigenvalue weighted by Gasteiger charge is 2.24. The zero-order valence-corrected chi connectivity index (χ0v) is 14.1. The molecular formula is C16H19N3O4S. The van der Waals surface area contributed by atoms with Crippen LogP contribution in [0.25, 0.3) is 6.08 Å². The van der Waals surface area contributed by atoms with E-state index in [4.69, 9.17) is 21.7 Å². The van der Waals surface area contributed by atoms with Gasteiger partial charge in [-0.25, -0.2) is 4.99 Å². The maximum atomic E-state index is 12.4. The summed E-state index contributed by atoms with van der Waals surface area (Å²) in [5, 5.41) is 14.2. The van der Waals surface area contributed by atoms with Crippen molar-refractivity contribution in [2.75, 3.05) is 33.0 Å². The van der Waals surface area contributed by atoms with Crippen molar-refractivity contribution in [3.63, 3.8) is 0 Å². The van der Waals surface area contributed by atoms with E-state index in [1.807, 2.05) is 19.1 Å². The van der Waals surface area contributed by atoms with Crippen LogP contribution in [0, 0.1) is 5.92 Å². The molecule has 1 unspecified atom stereocenters. The third-order valence-electron chi connectivity index (χ3n) is 3.85. The fourth-order valence-corrected chi connectivity index (χ4v) is 3.00. The molecule has 2 N–H and O–H groups in total. The largest absolute Gasteiger partial charge is 0.454 e. The van der Waals surface area contributed by atoms with Gasteiger partial charge in [0.15, 0.2) is 16.6 Å². The van der Waals surface area contributed by atoms with E-state index in [0.717, 1.165) is 5.22 Å². The summed E-state index contributed by atoms with van der Waals surface area (Å²) in [5.74, 6) is 0.598. The van der Waals surface area contributed by atoms with E-state index in [1.54, 1.807) is 11.0 Å². The summed E-state index contributed by atoms with van der Waals surface area (Å²) >= 11 is 5.30. The Morgan fingerprint density at radius 3 is 2.92 bits per heavy atom. The molecule has 2 aliphatic rings. The Balaban J connectivity index is 1.86. The number of carbonyl (C=O) groups excluding carboxylic acids is 1. The van der Waals surface area contributed by atoms with Crippen molar-refractivity contribution in [1.82, 2.24) is 10.2 Å². The fraction of sp³-hybridized carbons (Fsp3) is 0.438. The first-order chi connectivity index (χ1) is 11.6. The van der Waals surface area contributed by atoms with Gasteiger partial charge in [0.25, 0.3) is 5.91 Å². The number of ether oxygens (including phenoxy) is 2. The molecule has 0 aliphatic carbocycles. The molecule has 0 bridgehead atoms. The molecule has 24 heavy (non-hydrogen) atoms. The van der Waals surface area contributed by atoms with Crippen LogP contribution in [0.15, 0.2) is 17.1 Å². The lowest BCUT2D eigenvalue weighted by Crippen LogP contribution is -2.46. The Morgan fingerprint density at radius 2 is 2.21 bits per heavy atom. The van der Waals surface area contributed by atoms with Gasteiger partial charge in [0, 0.05) is 30.9 Å². The van der Waals surface area contributed by atoms with Gasteiger partial charge in [0.1, 0.15) is 0 Å². The number of thiocarbonyl (C=S) groups is 1. The number of aliphatic hydroxyl groups is 1. The minimum atomic E-state index is -0.430. The summed E-state index contributed by atoms with van der Waals surface area (Å²) in [7, 11) is 0. The molecule has 0 spiro atoms. The second-order valence-electron chi connectivity index (χ2n) is 5.49. The van der Waals surface area contributed by atoms with Gasteiger partial charge in [-0.15, -0.1) is 0 Å². The van der Waals surface area contributed by atoms with Crippen molar-refractivity contribution in [2.45, 2.75) is 6.92 Å². The maximum Gasteiger partial charge on any atom is 0.254 e. The molecule has 2 heterocycles. The summed E-state index contributed by atoms with van der Waals surface area (Å²) < 4.78 is 10.7. The van der Waals surface area contributed by atoms with E-state index >= 15 is 0 Å². The van der Waals surface area contributed by atoms with Crippen LogP contribution in [0.5, 0.6) is 11.5 Å². The topological polar surface area (TPSA) is 83.4 Å². The highest BCUT2D eigenvalue weighted by Crippen LogP contribution is 2.28. The van der Waals surface area contributed by atoms with Crippen LogP contribution < -0.4 is 25.4 Å². The van der Waals surface area contributed by atoms with E-state index < -0.39 is 5.92 Å². The van der Waals surface area contributed by atoms with Crippen molar-refractivity contribution < 1.29 is 19.4 Å². The number of carbonyl (C=O) groups is 1. The zero-order valence-electron chi connectivity index (χ0n) is 13.3. The molecule has 8 heteroatoms. The average Bonchev–Trinajstić information content (AvgIpc) is 3.00. The lowest BCUT2D eigenvalue weighted by molar-refractivity contribution is -0.120. The van der Waals surface area contributed by atoms with Crippen LogP contribution in [-0.4, -0.2) is 54.1 Å². The molecule has 1 atom stereocenters. The molecular weight excluding hydrogens is 330 g/mol. The molecule has 0 saturated heterocycles. The predicted molar refractivity (Wildman–Crippen MR) is 91.2 cm³/mol. The number of benzene rings is 1. The Hall–Kier alpha value is -2.19. The zero-order chi connectivity index (χ0) is 17.1. The summed E-state index contributed by atoms with van der Waals surface area (Å²) in [5.41, 5.74) is 0. The number of amides is 1. The van der Waals surface area contributed by atoms with Crippen molar-refractivity contribution in [3.8, 4) is 11.5 Å². The molecule has 2 aliphatic heterocycles. The maximum absolute atomic E-state index is 12.4. The minimum absolute atomic E-state index is 0.0428. The standard InChI is InChI=1S/C16H19N3O4S/c1-2-17-16(24)19(3-4-20)8-11-5-10-6-13-14(23-9-22-13)7-12(10)18-15(11)21/h5-7,11,20H,2-4,8-9H2,1H3,(H,17,24). The van der Waals surface area contributed by atoms with E-state index in [1.165, 1.54) is 0 Å². The number of nitrogens with zero attached hydrogens (tertiary/aromatic N) is 2. The summed E-state index contributed by atoms with van der Waals surface area (Å²) in [6, 6.07) is 3.55. The lowest BCUT2D eigenvalue weighted by Gasteiger charge is -2.27. The first-order valence-electron chi connectivity index (χ1n) is 7.80. The van der Waals surface area contributed by atoms with Crippen LogP contribution in [0.4, 0.5) is 0 Å². The SMILES string of the molecule is CCNC(=S)N(CCO)CC1C=c2cc3c(cc2=NC1=O)OCO3. The highest BCUT2D eigenvalue weighted by atomic mass is 32.1. The van der Waals surface area contributed by atoms with Gasteiger partial charge >= 0.3 is 0 Å². The normalized spacial score (nSPS) is 17.6. The fourth-order valence-electron chi connectivity index (χ4n) is 2.69. The summed E-state index contributed by atoms with van der Waals surface area (Å²) in [4.78, 5) is 18.3. The molecule has 1 aromatic rings. The van der Waals surface area contributed by atoms with Gasteiger partial charge < -0.3 is 24.8 Å². The lowest BCUT2D eigenvalue weighted by atomic mass is 10.0. The Kier molecular flexibility index (Phi) is 4.96. The molecule has 0 radical (unpaired) electrons. The monoisotopic (exact) mass is 349 g/mol. The Morgan fingerprint density at radius 1 is 1.46 bits per heavy atom. The molecule has 1 aromatic carbocycles. The third kappa shape index (κ3) is 3.34. The number of rotatable bonds is 5. The minimum Gasteiger partial charge on any atom is -0.454 e. The average molecular weight is 349 g/mol. The highest BCUT2D eigenvalue weighted by molar-refractivity contribution is 7.80. The summed E-state index contributed by atoms with van der Waals surface area (Å²) in [6.07, 6.45) is 1.87. The van der Waals surface area contributed by atoms with Gasteiger partial charge in [-0.2, -0.15) is 0 Å². The van der Waals surface area contributed by atoms with Crippen molar-refractivity contribution in [1.29, 1.82) is 0 Å². The van der Waals surface area contributed by atoms with Crippen LogP contribution in [0.2, 0.25) is 0 Å². The van der Waals surface area contributed by atoms with Crippen LogP contribution >= 0.6 is 12.2 Å². The van der Waals surface area contributed by atoms with E-state index in [2.05, 4.69) is 10.3 Å². The van der Waals surface area contributed by atoms with Gasteiger partial charge in [0.05, 0.1) is 17.9 Å².